The Morgan fingerprint density at radius 1 is 1.30 bits per heavy atom. The average molecular weight is 276 g/mol. The number of nitrogens with one attached hydrogen (secondary N) is 1. The number of piperidine rings is 1. The minimum absolute atomic E-state index is 0.147. The van der Waals surface area contributed by atoms with E-state index in [2.05, 4.69) is 27.1 Å². The van der Waals surface area contributed by atoms with Crippen LogP contribution < -0.4 is 10.2 Å². The van der Waals surface area contributed by atoms with Gasteiger partial charge in [-0.1, -0.05) is 6.92 Å². The van der Waals surface area contributed by atoms with Crippen LogP contribution in [0, 0.1) is 5.92 Å². The van der Waals surface area contributed by atoms with E-state index in [0.29, 0.717) is 5.69 Å². The molecule has 0 aromatic carbocycles. The summed E-state index contributed by atoms with van der Waals surface area (Å²) in [6.07, 6.45) is 3.83. The van der Waals surface area contributed by atoms with Crippen molar-refractivity contribution in [2.45, 2.75) is 46.1 Å². The first-order chi connectivity index (χ1) is 9.35. The third-order valence-electron chi connectivity index (χ3n) is 3.48. The summed E-state index contributed by atoms with van der Waals surface area (Å²) >= 11 is 0. The molecule has 0 radical (unpaired) electrons. The Hall–Kier alpha value is -1.65. The molecule has 5 nitrogen and oxygen atoms in total. The van der Waals surface area contributed by atoms with Crippen molar-refractivity contribution >= 4 is 11.7 Å². The second-order valence-electron chi connectivity index (χ2n) is 6.64. The molecule has 0 saturated carbocycles. The van der Waals surface area contributed by atoms with Gasteiger partial charge in [-0.05, 0) is 39.5 Å². The zero-order valence-corrected chi connectivity index (χ0v) is 12.8. The zero-order chi connectivity index (χ0) is 14.8. The fourth-order valence-corrected chi connectivity index (χ4v) is 2.29. The summed E-state index contributed by atoms with van der Waals surface area (Å²) in [6, 6.07) is 1.79. The van der Waals surface area contributed by atoms with Crippen molar-refractivity contribution in [3.05, 3.63) is 18.1 Å². The number of anilines is 1. The van der Waals surface area contributed by atoms with Gasteiger partial charge in [0.1, 0.15) is 17.8 Å². The molecule has 20 heavy (non-hydrogen) atoms. The standard InChI is InChI=1S/C15H24N4O/c1-11-5-7-19(8-6-11)13-9-12(16-10-17-13)14(20)18-15(2,3)4/h9-11H,5-8H2,1-4H3,(H,18,20). The van der Waals surface area contributed by atoms with E-state index < -0.39 is 0 Å². The number of amides is 1. The summed E-state index contributed by atoms with van der Waals surface area (Å²) < 4.78 is 0. The molecule has 0 atom stereocenters. The number of carbonyl (C=O) groups is 1. The van der Waals surface area contributed by atoms with Crippen molar-refractivity contribution in [1.82, 2.24) is 15.3 Å². The monoisotopic (exact) mass is 276 g/mol. The highest BCUT2D eigenvalue weighted by molar-refractivity contribution is 5.93. The van der Waals surface area contributed by atoms with E-state index in [9.17, 15) is 4.79 Å². The van der Waals surface area contributed by atoms with Gasteiger partial charge in [-0.3, -0.25) is 4.79 Å². The summed E-state index contributed by atoms with van der Waals surface area (Å²) in [5.41, 5.74) is 0.173. The molecule has 1 aliphatic rings. The number of carbonyl (C=O) groups excluding carboxylic acids is 1. The molecule has 1 aromatic heterocycles. The largest absolute Gasteiger partial charge is 0.356 e. The van der Waals surface area contributed by atoms with Crippen LogP contribution in [0.5, 0.6) is 0 Å². The first-order valence-corrected chi connectivity index (χ1v) is 7.24. The van der Waals surface area contributed by atoms with Gasteiger partial charge in [0.15, 0.2) is 0 Å². The summed E-state index contributed by atoms with van der Waals surface area (Å²) in [5, 5.41) is 2.92. The third-order valence-corrected chi connectivity index (χ3v) is 3.48. The van der Waals surface area contributed by atoms with Gasteiger partial charge in [0.05, 0.1) is 0 Å². The molecule has 5 heteroatoms. The van der Waals surface area contributed by atoms with Gasteiger partial charge in [0.25, 0.3) is 5.91 Å². The van der Waals surface area contributed by atoms with Gasteiger partial charge in [-0.2, -0.15) is 0 Å². The van der Waals surface area contributed by atoms with Gasteiger partial charge in [0.2, 0.25) is 0 Å². The molecule has 1 saturated heterocycles. The van der Waals surface area contributed by atoms with Gasteiger partial charge in [-0.15, -0.1) is 0 Å². The van der Waals surface area contributed by atoms with E-state index in [1.54, 1.807) is 6.07 Å². The second-order valence-corrected chi connectivity index (χ2v) is 6.64. The fourth-order valence-electron chi connectivity index (χ4n) is 2.29. The molecule has 2 rings (SSSR count). The Labute approximate surface area is 120 Å². The van der Waals surface area contributed by atoms with E-state index >= 15 is 0 Å². The van der Waals surface area contributed by atoms with Crippen LogP contribution in [0.25, 0.3) is 0 Å². The SMILES string of the molecule is CC1CCN(c2cc(C(=O)NC(C)(C)C)ncn2)CC1. The first-order valence-electron chi connectivity index (χ1n) is 7.24. The maximum atomic E-state index is 12.1. The quantitative estimate of drug-likeness (QED) is 0.900. The lowest BCUT2D eigenvalue weighted by atomic mass is 9.99. The number of hydrogen-bond donors (Lipinski definition) is 1. The minimum Gasteiger partial charge on any atom is -0.356 e. The lowest BCUT2D eigenvalue weighted by molar-refractivity contribution is 0.0914. The smallest absolute Gasteiger partial charge is 0.270 e. The van der Waals surface area contributed by atoms with Crippen LogP contribution in [0.15, 0.2) is 12.4 Å². The van der Waals surface area contributed by atoms with Crippen molar-refractivity contribution < 1.29 is 4.79 Å². The molecule has 2 heterocycles. The van der Waals surface area contributed by atoms with Crippen LogP contribution in [-0.2, 0) is 0 Å². The van der Waals surface area contributed by atoms with Gasteiger partial charge < -0.3 is 10.2 Å². The number of aromatic nitrogens is 2. The Morgan fingerprint density at radius 2 is 1.95 bits per heavy atom. The molecule has 0 bridgehead atoms. The van der Waals surface area contributed by atoms with Crippen LogP contribution in [0.1, 0.15) is 51.0 Å². The molecule has 1 aliphatic heterocycles. The van der Waals surface area contributed by atoms with Crippen molar-refractivity contribution in [2.24, 2.45) is 5.92 Å². The molecular weight excluding hydrogens is 252 g/mol. The Bertz CT molecular complexity index is 473. The molecule has 0 spiro atoms. The lowest BCUT2D eigenvalue weighted by Crippen LogP contribution is -2.41. The normalized spacial score (nSPS) is 17.1. The lowest BCUT2D eigenvalue weighted by Gasteiger charge is -2.31. The van der Waals surface area contributed by atoms with Crippen molar-refractivity contribution in [3.63, 3.8) is 0 Å². The maximum absolute atomic E-state index is 12.1. The Balaban J connectivity index is 2.10. The molecule has 110 valence electrons. The number of nitrogens with zero attached hydrogens (tertiary/aromatic N) is 3. The maximum Gasteiger partial charge on any atom is 0.270 e. The Kier molecular flexibility index (Phi) is 4.26. The van der Waals surface area contributed by atoms with Crippen molar-refractivity contribution in [2.75, 3.05) is 18.0 Å². The van der Waals surface area contributed by atoms with E-state index in [-0.39, 0.29) is 11.4 Å². The van der Waals surface area contributed by atoms with Crippen molar-refractivity contribution in [1.29, 1.82) is 0 Å². The third kappa shape index (κ3) is 3.92. The van der Waals surface area contributed by atoms with Gasteiger partial charge in [0, 0.05) is 24.7 Å². The first kappa shape index (κ1) is 14.8. The van der Waals surface area contributed by atoms with Crippen LogP contribution in [0.2, 0.25) is 0 Å². The van der Waals surface area contributed by atoms with E-state index in [1.165, 1.54) is 19.2 Å². The summed E-state index contributed by atoms with van der Waals surface area (Å²) in [6.45, 7) is 10.1. The predicted octanol–water partition coefficient (Wildman–Crippen LogP) is 2.24. The summed E-state index contributed by atoms with van der Waals surface area (Å²) in [7, 11) is 0. The Morgan fingerprint density at radius 3 is 2.55 bits per heavy atom. The van der Waals surface area contributed by atoms with Crippen molar-refractivity contribution in [3.8, 4) is 0 Å². The molecule has 1 aromatic rings. The zero-order valence-electron chi connectivity index (χ0n) is 12.8. The number of rotatable bonds is 2. The van der Waals surface area contributed by atoms with Crippen LogP contribution in [-0.4, -0.2) is 34.5 Å². The van der Waals surface area contributed by atoms with Crippen LogP contribution in [0.3, 0.4) is 0 Å². The minimum atomic E-state index is -0.261. The second kappa shape index (κ2) is 5.77. The van der Waals surface area contributed by atoms with Crippen LogP contribution in [0.4, 0.5) is 5.82 Å². The fraction of sp³-hybridized carbons (Fsp3) is 0.667. The van der Waals surface area contributed by atoms with Gasteiger partial charge >= 0.3 is 0 Å². The van der Waals surface area contributed by atoms with Crippen LogP contribution >= 0.6 is 0 Å². The molecule has 0 aliphatic carbocycles. The number of hydrogen-bond acceptors (Lipinski definition) is 4. The van der Waals surface area contributed by atoms with E-state index in [4.69, 9.17) is 0 Å². The highest BCUT2D eigenvalue weighted by atomic mass is 16.2. The summed E-state index contributed by atoms with van der Waals surface area (Å²) in [5.74, 6) is 1.48. The average Bonchev–Trinajstić information content (AvgIpc) is 2.38. The molecule has 1 N–H and O–H groups in total. The summed E-state index contributed by atoms with van der Waals surface area (Å²) in [4.78, 5) is 22.7. The van der Waals surface area contributed by atoms with E-state index in [0.717, 1.165) is 24.8 Å². The highest BCUT2D eigenvalue weighted by Gasteiger charge is 2.20. The topological polar surface area (TPSA) is 58.1 Å². The molecular formula is C15H24N4O. The molecule has 0 unspecified atom stereocenters. The van der Waals surface area contributed by atoms with Gasteiger partial charge in [-0.25, -0.2) is 9.97 Å². The molecule has 1 fully saturated rings. The molecule has 1 amide bonds. The highest BCUT2D eigenvalue weighted by Crippen LogP contribution is 2.21. The van der Waals surface area contributed by atoms with E-state index in [1.807, 2.05) is 20.8 Å². The predicted molar refractivity (Wildman–Crippen MR) is 79.9 cm³/mol.